The van der Waals surface area contributed by atoms with E-state index in [4.69, 9.17) is 0 Å². The lowest BCUT2D eigenvalue weighted by molar-refractivity contribution is -0.116. The summed E-state index contributed by atoms with van der Waals surface area (Å²) in [6.45, 7) is 1.51. The molecule has 0 aliphatic rings. The molecule has 0 aliphatic heterocycles. The molecular weight excluding hydrogens is 220 g/mol. The second-order valence-corrected chi connectivity index (χ2v) is 4.86. The van der Waals surface area contributed by atoms with Gasteiger partial charge in [-0.3, -0.25) is 4.79 Å². The highest BCUT2D eigenvalue weighted by molar-refractivity contribution is 7.20. The third kappa shape index (κ3) is 2.36. The molecule has 16 heavy (non-hydrogen) atoms. The van der Waals surface area contributed by atoms with Crippen LogP contribution in [0.5, 0.6) is 0 Å². The SMILES string of the molecule is CC(=O)CCC(=O)c1cc2ccccc2s1. The van der Waals surface area contributed by atoms with Gasteiger partial charge in [0.05, 0.1) is 4.88 Å². The summed E-state index contributed by atoms with van der Waals surface area (Å²) in [6, 6.07) is 9.82. The van der Waals surface area contributed by atoms with Gasteiger partial charge < -0.3 is 4.79 Å². The molecule has 0 spiro atoms. The molecule has 82 valence electrons. The number of fused-ring (bicyclic) bond motifs is 1. The molecule has 0 N–H and O–H groups in total. The van der Waals surface area contributed by atoms with Crippen molar-refractivity contribution in [3.8, 4) is 0 Å². The van der Waals surface area contributed by atoms with Crippen LogP contribution in [-0.2, 0) is 4.79 Å². The molecule has 0 aliphatic carbocycles. The number of carbonyl (C=O) groups is 2. The van der Waals surface area contributed by atoms with Crippen molar-refractivity contribution < 1.29 is 9.59 Å². The van der Waals surface area contributed by atoms with E-state index in [1.807, 2.05) is 30.3 Å². The van der Waals surface area contributed by atoms with E-state index in [1.54, 1.807) is 0 Å². The second-order valence-electron chi connectivity index (χ2n) is 3.77. The molecule has 0 atom stereocenters. The number of thiophene rings is 1. The zero-order valence-corrected chi connectivity index (χ0v) is 9.84. The Labute approximate surface area is 97.9 Å². The van der Waals surface area contributed by atoms with Crippen LogP contribution < -0.4 is 0 Å². The maximum atomic E-state index is 11.8. The standard InChI is InChI=1S/C13H12O2S/c1-9(14)6-7-11(15)13-8-10-4-2-3-5-12(10)16-13/h2-5,8H,6-7H2,1H3. The van der Waals surface area contributed by atoms with Crippen molar-refractivity contribution in [2.24, 2.45) is 0 Å². The molecule has 2 rings (SSSR count). The van der Waals surface area contributed by atoms with Crippen molar-refractivity contribution in [2.75, 3.05) is 0 Å². The van der Waals surface area contributed by atoms with E-state index in [2.05, 4.69) is 0 Å². The van der Waals surface area contributed by atoms with Gasteiger partial charge in [0, 0.05) is 17.5 Å². The Morgan fingerprint density at radius 1 is 1.19 bits per heavy atom. The Hall–Kier alpha value is -1.48. The van der Waals surface area contributed by atoms with E-state index < -0.39 is 0 Å². The lowest BCUT2D eigenvalue weighted by Gasteiger charge is -1.93. The van der Waals surface area contributed by atoms with Crippen molar-refractivity contribution in [1.82, 2.24) is 0 Å². The van der Waals surface area contributed by atoms with Crippen LogP contribution in [-0.4, -0.2) is 11.6 Å². The summed E-state index contributed by atoms with van der Waals surface area (Å²) in [5.41, 5.74) is 0. The summed E-state index contributed by atoms with van der Waals surface area (Å²) in [4.78, 5) is 23.3. The normalized spacial score (nSPS) is 10.6. The average Bonchev–Trinajstić information content (AvgIpc) is 2.69. The highest BCUT2D eigenvalue weighted by Crippen LogP contribution is 2.26. The molecule has 0 unspecified atom stereocenters. The summed E-state index contributed by atoms with van der Waals surface area (Å²) in [6.07, 6.45) is 0.662. The predicted molar refractivity (Wildman–Crippen MR) is 66.1 cm³/mol. The van der Waals surface area contributed by atoms with Gasteiger partial charge in [-0.15, -0.1) is 11.3 Å². The van der Waals surface area contributed by atoms with Crippen LogP contribution in [0.15, 0.2) is 30.3 Å². The second kappa shape index (κ2) is 4.58. The Balaban J connectivity index is 2.20. The number of Topliss-reactive ketones (excluding diaryl/α,β-unsaturated/α-hetero) is 2. The van der Waals surface area contributed by atoms with Gasteiger partial charge in [-0.1, -0.05) is 18.2 Å². The lowest BCUT2D eigenvalue weighted by Crippen LogP contribution is -1.99. The molecule has 3 heteroatoms. The van der Waals surface area contributed by atoms with Crippen molar-refractivity contribution in [3.63, 3.8) is 0 Å². The Morgan fingerprint density at radius 2 is 1.94 bits per heavy atom. The van der Waals surface area contributed by atoms with E-state index in [0.29, 0.717) is 12.8 Å². The zero-order chi connectivity index (χ0) is 11.5. The third-order valence-electron chi connectivity index (χ3n) is 2.40. The van der Waals surface area contributed by atoms with Crippen LogP contribution in [0, 0.1) is 0 Å². The van der Waals surface area contributed by atoms with E-state index >= 15 is 0 Å². The van der Waals surface area contributed by atoms with E-state index in [0.717, 1.165) is 15.0 Å². The Morgan fingerprint density at radius 3 is 2.62 bits per heavy atom. The van der Waals surface area contributed by atoms with Gasteiger partial charge in [-0.05, 0) is 24.4 Å². The highest BCUT2D eigenvalue weighted by Gasteiger charge is 2.10. The van der Waals surface area contributed by atoms with Crippen LogP contribution in [0.25, 0.3) is 10.1 Å². The van der Waals surface area contributed by atoms with E-state index in [-0.39, 0.29) is 11.6 Å². The molecule has 1 aromatic heterocycles. The quantitative estimate of drug-likeness (QED) is 0.756. The summed E-state index contributed by atoms with van der Waals surface area (Å²) >= 11 is 1.50. The monoisotopic (exact) mass is 232 g/mol. The third-order valence-corrected chi connectivity index (χ3v) is 3.56. The number of hydrogen-bond acceptors (Lipinski definition) is 3. The molecule has 1 aromatic carbocycles. The molecule has 0 bridgehead atoms. The molecule has 2 nitrogen and oxygen atoms in total. The van der Waals surface area contributed by atoms with Crippen LogP contribution in [0.1, 0.15) is 29.4 Å². The smallest absolute Gasteiger partial charge is 0.173 e. The Kier molecular flexibility index (Phi) is 3.15. The summed E-state index contributed by atoms with van der Waals surface area (Å²) in [5, 5.41) is 1.10. The number of benzene rings is 1. The molecule has 0 radical (unpaired) electrons. The van der Waals surface area contributed by atoms with Crippen LogP contribution in [0.4, 0.5) is 0 Å². The fourth-order valence-electron chi connectivity index (χ4n) is 1.53. The lowest BCUT2D eigenvalue weighted by atomic mass is 10.1. The molecular formula is C13H12O2S. The van der Waals surface area contributed by atoms with Crippen molar-refractivity contribution in [2.45, 2.75) is 19.8 Å². The number of ketones is 2. The number of carbonyl (C=O) groups excluding carboxylic acids is 2. The van der Waals surface area contributed by atoms with Crippen molar-refractivity contribution in [1.29, 1.82) is 0 Å². The van der Waals surface area contributed by atoms with Gasteiger partial charge in [0.2, 0.25) is 0 Å². The zero-order valence-electron chi connectivity index (χ0n) is 9.03. The van der Waals surface area contributed by atoms with Crippen LogP contribution in [0.2, 0.25) is 0 Å². The summed E-state index contributed by atoms with van der Waals surface area (Å²) in [5.74, 6) is 0.130. The van der Waals surface area contributed by atoms with Crippen LogP contribution >= 0.6 is 11.3 Å². The average molecular weight is 232 g/mol. The largest absolute Gasteiger partial charge is 0.300 e. The predicted octanol–water partition coefficient (Wildman–Crippen LogP) is 3.45. The van der Waals surface area contributed by atoms with Crippen molar-refractivity contribution in [3.05, 3.63) is 35.2 Å². The maximum absolute atomic E-state index is 11.8. The maximum Gasteiger partial charge on any atom is 0.173 e. The first-order valence-electron chi connectivity index (χ1n) is 5.18. The first-order valence-corrected chi connectivity index (χ1v) is 5.99. The van der Waals surface area contributed by atoms with Gasteiger partial charge >= 0.3 is 0 Å². The summed E-state index contributed by atoms with van der Waals surface area (Å²) in [7, 11) is 0. The first kappa shape index (κ1) is 11.0. The summed E-state index contributed by atoms with van der Waals surface area (Å²) < 4.78 is 1.12. The highest BCUT2D eigenvalue weighted by atomic mass is 32.1. The molecule has 0 saturated carbocycles. The Bertz CT molecular complexity index is 507. The van der Waals surface area contributed by atoms with Crippen molar-refractivity contribution >= 4 is 33.0 Å². The number of rotatable bonds is 4. The molecule has 1 heterocycles. The molecule has 2 aromatic rings. The van der Waals surface area contributed by atoms with Gasteiger partial charge in [-0.25, -0.2) is 0 Å². The van der Waals surface area contributed by atoms with Gasteiger partial charge in [-0.2, -0.15) is 0 Å². The fraction of sp³-hybridized carbons (Fsp3) is 0.231. The topological polar surface area (TPSA) is 34.1 Å². The minimum absolute atomic E-state index is 0.0643. The van der Waals surface area contributed by atoms with Gasteiger partial charge in [0.15, 0.2) is 5.78 Å². The van der Waals surface area contributed by atoms with Crippen LogP contribution in [0.3, 0.4) is 0 Å². The van der Waals surface area contributed by atoms with Gasteiger partial charge in [0.1, 0.15) is 5.78 Å². The van der Waals surface area contributed by atoms with E-state index in [9.17, 15) is 9.59 Å². The fourth-order valence-corrected chi connectivity index (χ4v) is 2.56. The first-order chi connectivity index (χ1) is 7.66. The van der Waals surface area contributed by atoms with Gasteiger partial charge in [0.25, 0.3) is 0 Å². The molecule has 0 fully saturated rings. The minimum atomic E-state index is 0.0643. The molecule has 0 saturated heterocycles. The minimum Gasteiger partial charge on any atom is -0.300 e. The number of hydrogen-bond donors (Lipinski definition) is 0. The van der Waals surface area contributed by atoms with E-state index in [1.165, 1.54) is 18.3 Å². The molecule has 0 amide bonds.